The molecule has 1 heterocycles. The van der Waals surface area contributed by atoms with Crippen LogP contribution in [0.15, 0.2) is 22.7 Å². The quantitative estimate of drug-likeness (QED) is 0.914. The summed E-state index contributed by atoms with van der Waals surface area (Å²) < 4.78 is 1.02. The minimum absolute atomic E-state index is 0.756. The van der Waals surface area contributed by atoms with E-state index in [1.54, 1.807) is 0 Å². The molecule has 100 valence electrons. The summed E-state index contributed by atoms with van der Waals surface area (Å²) in [6.45, 7) is 6.72. The Bertz CT molecular complexity index is 392. The summed E-state index contributed by atoms with van der Waals surface area (Å²) in [5.41, 5.74) is 1.11. The van der Waals surface area contributed by atoms with Crippen molar-refractivity contribution >= 4 is 33.2 Å². The number of hydrogen-bond donors (Lipinski definition) is 1. The number of benzene rings is 1. The zero-order valence-electron chi connectivity index (χ0n) is 10.6. The number of anilines is 1. The molecule has 0 spiro atoms. The number of halogens is 2. The summed E-state index contributed by atoms with van der Waals surface area (Å²) in [6.07, 6.45) is 0. The molecule has 3 nitrogen and oxygen atoms in total. The van der Waals surface area contributed by atoms with Crippen molar-refractivity contribution in [3.05, 3.63) is 27.7 Å². The predicted octanol–water partition coefficient (Wildman–Crippen LogP) is 2.76. The van der Waals surface area contributed by atoms with E-state index >= 15 is 0 Å². The molecule has 0 radical (unpaired) electrons. The molecule has 1 N–H and O–H groups in total. The van der Waals surface area contributed by atoms with Crippen LogP contribution in [0.1, 0.15) is 0 Å². The number of rotatable bonds is 4. The van der Waals surface area contributed by atoms with Crippen LogP contribution in [0.3, 0.4) is 0 Å². The molecular weight excluding hydrogens is 314 g/mol. The van der Waals surface area contributed by atoms with Gasteiger partial charge in [-0.25, -0.2) is 0 Å². The van der Waals surface area contributed by atoms with E-state index in [0.29, 0.717) is 0 Å². The Kier molecular flexibility index (Phi) is 5.30. The summed E-state index contributed by atoms with van der Waals surface area (Å²) in [5, 5.41) is 4.19. The molecule has 1 fully saturated rings. The lowest BCUT2D eigenvalue weighted by Crippen LogP contribution is -2.45. The van der Waals surface area contributed by atoms with E-state index in [1.807, 2.05) is 18.2 Å². The van der Waals surface area contributed by atoms with Crippen molar-refractivity contribution in [1.29, 1.82) is 0 Å². The fourth-order valence-electron chi connectivity index (χ4n) is 2.05. The second kappa shape index (κ2) is 6.75. The number of piperazine rings is 1. The van der Waals surface area contributed by atoms with E-state index in [4.69, 9.17) is 11.6 Å². The second-order valence-electron chi connectivity index (χ2n) is 4.70. The van der Waals surface area contributed by atoms with Crippen molar-refractivity contribution in [2.75, 3.05) is 51.6 Å². The highest BCUT2D eigenvalue weighted by Gasteiger charge is 2.12. The van der Waals surface area contributed by atoms with Gasteiger partial charge in [0.25, 0.3) is 0 Å². The van der Waals surface area contributed by atoms with Crippen LogP contribution >= 0.6 is 27.5 Å². The molecule has 0 atom stereocenters. The van der Waals surface area contributed by atoms with E-state index in [0.717, 1.165) is 28.3 Å². The van der Waals surface area contributed by atoms with Gasteiger partial charge in [0.2, 0.25) is 0 Å². The Morgan fingerprint density at radius 3 is 2.67 bits per heavy atom. The van der Waals surface area contributed by atoms with E-state index < -0.39 is 0 Å². The first-order valence-corrected chi connectivity index (χ1v) is 7.42. The van der Waals surface area contributed by atoms with Crippen LogP contribution in [0.5, 0.6) is 0 Å². The molecule has 1 aromatic carbocycles. The monoisotopic (exact) mass is 331 g/mol. The van der Waals surface area contributed by atoms with E-state index in [1.165, 1.54) is 26.2 Å². The van der Waals surface area contributed by atoms with Crippen LogP contribution in [0.4, 0.5) is 5.69 Å². The lowest BCUT2D eigenvalue weighted by atomic mass is 10.3. The molecule has 5 heteroatoms. The third kappa shape index (κ3) is 4.12. The van der Waals surface area contributed by atoms with Gasteiger partial charge in [0, 0.05) is 54.5 Å². The molecule has 0 amide bonds. The topological polar surface area (TPSA) is 18.5 Å². The summed E-state index contributed by atoms with van der Waals surface area (Å²) in [6, 6.07) is 5.83. The number of hydrogen-bond acceptors (Lipinski definition) is 3. The highest BCUT2D eigenvalue weighted by atomic mass is 79.9. The summed E-state index contributed by atoms with van der Waals surface area (Å²) in [4.78, 5) is 4.87. The van der Waals surface area contributed by atoms with Crippen LogP contribution in [-0.2, 0) is 0 Å². The van der Waals surface area contributed by atoms with Crippen molar-refractivity contribution in [2.24, 2.45) is 0 Å². The number of nitrogens with one attached hydrogen (secondary N) is 1. The molecule has 18 heavy (non-hydrogen) atoms. The molecule has 1 aliphatic heterocycles. The largest absolute Gasteiger partial charge is 0.383 e. The fourth-order valence-corrected chi connectivity index (χ4v) is 2.88. The van der Waals surface area contributed by atoms with Crippen molar-refractivity contribution in [3.8, 4) is 0 Å². The van der Waals surface area contributed by atoms with E-state index in [9.17, 15) is 0 Å². The minimum Gasteiger partial charge on any atom is -0.383 e. The van der Waals surface area contributed by atoms with Crippen LogP contribution < -0.4 is 5.32 Å². The van der Waals surface area contributed by atoms with Gasteiger partial charge in [-0.3, -0.25) is 4.90 Å². The molecule has 0 unspecified atom stereocenters. The first-order chi connectivity index (χ1) is 8.65. The van der Waals surface area contributed by atoms with Gasteiger partial charge in [0.05, 0.1) is 0 Å². The van der Waals surface area contributed by atoms with Gasteiger partial charge in [0.1, 0.15) is 0 Å². The van der Waals surface area contributed by atoms with Crippen molar-refractivity contribution in [2.45, 2.75) is 0 Å². The zero-order valence-corrected chi connectivity index (χ0v) is 13.0. The van der Waals surface area contributed by atoms with Gasteiger partial charge in [-0.15, -0.1) is 0 Å². The minimum atomic E-state index is 0.756. The predicted molar refractivity (Wildman–Crippen MR) is 81.6 cm³/mol. The second-order valence-corrected chi connectivity index (χ2v) is 5.99. The smallest absolute Gasteiger partial charge is 0.0486 e. The maximum absolute atomic E-state index is 5.92. The average molecular weight is 333 g/mol. The van der Waals surface area contributed by atoms with Gasteiger partial charge in [-0.1, -0.05) is 11.6 Å². The maximum atomic E-state index is 5.92. The summed E-state index contributed by atoms with van der Waals surface area (Å²) in [7, 11) is 2.18. The van der Waals surface area contributed by atoms with Crippen molar-refractivity contribution in [1.82, 2.24) is 9.80 Å². The summed E-state index contributed by atoms with van der Waals surface area (Å²) in [5.74, 6) is 0. The molecule has 1 aromatic rings. The highest BCUT2D eigenvalue weighted by molar-refractivity contribution is 9.10. The van der Waals surface area contributed by atoms with E-state index in [-0.39, 0.29) is 0 Å². The number of nitrogens with zero attached hydrogens (tertiary/aromatic N) is 2. The van der Waals surface area contributed by atoms with Crippen LogP contribution in [0.25, 0.3) is 0 Å². The van der Waals surface area contributed by atoms with Crippen molar-refractivity contribution in [3.63, 3.8) is 0 Å². The van der Waals surface area contributed by atoms with Gasteiger partial charge in [0.15, 0.2) is 0 Å². The van der Waals surface area contributed by atoms with Crippen LogP contribution in [0.2, 0.25) is 5.02 Å². The Morgan fingerprint density at radius 2 is 2.00 bits per heavy atom. The third-order valence-corrected chi connectivity index (χ3v) is 4.16. The first kappa shape index (κ1) is 14.1. The maximum Gasteiger partial charge on any atom is 0.0486 e. The first-order valence-electron chi connectivity index (χ1n) is 6.25. The molecule has 1 saturated heterocycles. The van der Waals surface area contributed by atoms with Crippen LogP contribution in [0, 0.1) is 0 Å². The van der Waals surface area contributed by atoms with Gasteiger partial charge >= 0.3 is 0 Å². The van der Waals surface area contributed by atoms with Gasteiger partial charge in [-0.2, -0.15) is 0 Å². The summed E-state index contributed by atoms with van der Waals surface area (Å²) >= 11 is 9.43. The molecule has 0 saturated carbocycles. The Balaban J connectivity index is 1.75. The Labute approximate surface area is 122 Å². The zero-order chi connectivity index (χ0) is 13.0. The Morgan fingerprint density at radius 1 is 1.28 bits per heavy atom. The van der Waals surface area contributed by atoms with Gasteiger partial charge < -0.3 is 10.2 Å². The molecular formula is C13H19BrClN3. The van der Waals surface area contributed by atoms with Crippen LogP contribution in [-0.4, -0.2) is 56.1 Å². The average Bonchev–Trinajstić information content (AvgIpc) is 2.34. The lowest BCUT2D eigenvalue weighted by Gasteiger charge is -2.32. The molecule has 1 aliphatic rings. The molecule has 2 rings (SSSR count). The lowest BCUT2D eigenvalue weighted by molar-refractivity contribution is 0.158. The van der Waals surface area contributed by atoms with E-state index in [2.05, 4.69) is 38.1 Å². The Hall–Kier alpha value is -0.290. The molecule has 0 aromatic heterocycles. The number of likely N-dealkylation sites (N-methyl/N-ethyl adjacent to an activating group) is 1. The molecule has 0 bridgehead atoms. The van der Waals surface area contributed by atoms with Gasteiger partial charge in [-0.05, 0) is 41.2 Å². The highest BCUT2D eigenvalue weighted by Crippen LogP contribution is 2.25. The third-order valence-electron chi connectivity index (χ3n) is 3.27. The normalized spacial score (nSPS) is 17.9. The SMILES string of the molecule is CN1CCN(CCNc2ccc(Cl)cc2Br)CC1. The standard InChI is InChI=1S/C13H19BrClN3/c1-17-6-8-18(9-7-17)5-4-16-13-3-2-11(15)10-12(13)14/h2-3,10,16H,4-9H2,1H3. The molecule has 0 aliphatic carbocycles. The van der Waals surface area contributed by atoms with Crippen molar-refractivity contribution < 1.29 is 0 Å². The fraction of sp³-hybridized carbons (Fsp3) is 0.538.